The Balaban J connectivity index is 1.92. The molecule has 0 radical (unpaired) electrons. The highest BCUT2D eigenvalue weighted by Crippen LogP contribution is 2.12. The van der Waals surface area contributed by atoms with E-state index in [1.54, 1.807) is 48.5 Å². The van der Waals surface area contributed by atoms with Gasteiger partial charge in [-0.25, -0.2) is 10.2 Å². The van der Waals surface area contributed by atoms with Crippen LogP contribution in [0.1, 0.15) is 15.9 Å². The molecule has 0 saturated carbocycles. The molecule has 0 spiro atoms. The Morgan fingerprint density at radius 1 is 1.21 bits per heavy atom. The van der Waals surface area contributed by atoms with Gasteiger partial charge in [0.1, 0.15) is 5.75 Å². The molecule has 1 amide bonds. The van der Waals surface area contributed by atoms with Crippen LogP contribution in [0.5, 0.6) is 5.75 Å². The van der Waals surface area contributed by atoms with E-state index in [1.807, 2.05) is 0 Å². The molecule has 0 saturated heterocycles. The number of hydrazone groups is 1. The van der Waals surface area contributed by atoms with Gasteiger partial charge in [0.25, 0.3) is 5.91 Å². The Morgan fingerprint density at radius 3 is 2.67 bits per heavy atom. The van der Waals surface area contributed by atoms with Gasteiger partial charge in [0.05, 0.1) is 13.3 Å². The Bertz CT molecular complexity index is 745. The standard InChI is InChI=1S/C17H15BrN2O4/c1-23-16(21)11-24-15-4-2-3-12(9-15)10-19-20-17(22)13-5-7-14(18)8-6-13/h2-10H,11H2,1H3,(H,20,22)/b19-10-. The van der Waals surface area contributed by atoms with E-state index in [1.165, 1.54) is 13.3 Å². The van der Waals surface area contributed by atoms with E-state index in [-0.39, 0.29) is 12.5 Å². The highest BCUT2D eigenvalue weighted by molar-refractivity contribution is 9.10. The van der Waals surface area contributed by atoms with Gasteiger partial charge in [-0.05, 0) is 42.0 Å². The minimum absolute atomic E-state index is 0.169. The molecule has 0 heterocycles. The van der Waals surface area contributed by atoms with Crippen LogP contribution in [0.15, 0.2) is 58.1 Å². The zero-order valence-corrected chi connectivity index (χ0v) is 14.4. The summed E-state index contributed by atoms with van der Waals surface area (Å²) in [5, 5.41) is 3.91. The molecule has 2 rings (SSSR count). The second-order valence-electron chi connectivity index (χ2n) is 4.64. The molecule has 0 atom stereocenters. The molecule has 0 unspecified atom stereocenters. The average Bonchev–Trinajstić information content (AvgIpc) is 2.60. The van der Waals surface area contributed by atoms with Crippen LogP contribution in [0.25, 0.3) is 0 Å². The lowest BCUT2D eigenvalue weighted by Gasteiger charge is -2.05. The molecule has 0 bridgehead atoms. The minimum Gasteiger partial charge on any atom is -0.482 e. The average molecular weight is 391 g/mol. The predicted molar refractivity (Wildman–Crippen MR) is 93.2 cm³/mol. The maximum atomic E-state index is 11.9. The number of carbonyl (C=O) groups excluding carboxylic acids is 2. The zero-order chi connectivity index (χ0) is 17.4. The van der Waals surface area contributed by atoms with Crippen molar-refractivity contribution < 1.29 is 19.1 Å². The largest absolute Gasteiger partial charge is 0.482 e. The molecule has 0 aliphatic rings. The summed E-state index contributed by atoms with van der Waals surface area (Å²) in [5.41, 5.74) is 3.67. The normalized spacial score (nSPS) is 10.4. The first-order valence-electron chi connectivity index (χ1n) is 6.97. The number of hydrogen-bond acceptors (Lipinski definition) is 5. The Hall–Kier alpha value is -2.67. The van der Waals surface area contributed by atoms with Crippen molar-refractivity contribution >= 4 is 34.0 Å². The van der Waals surface area contributed by atoms with Gasteiger partial charge in [-0.2, -0.15) is 5.10 Å². The van der Waals surface area contributed by atoms with Crippen molar-refractivity contribution in [1.29, 1.82) is 0 Å². The van der Waals surface area contributed by atoms with Crippen molar-refractivity contribution in [2.24, 2.45) is 5.10 Å². The van der Waals surface area contributed by atoms with Gasteiger partial charge in [0.15, 0.2) is 6.61 Å². The molecule has 0 fully saturated rings. The molecule has 6 nitrogen and oxygen atoms in total. The van der Waals surface area contributed by atoms with E-state index in [9.17, 15) is 9.59 Å². The number of rotatable bonds is 6. The summed E-state index contributed by atoms with van der Waals surface area (Å²) in [6.07, 6.45) is 1.49. The highest BCUT2D eigenvalue weighted by atomic mass is 79.9. The van der Waals surface area contributed by atoms with Crippen LogP contribution in [0.3, 0.4) is 0 Å². The first-order chi connectivity index (χ1) is 11.6. The molecule has 7 heteroatoms. The molecule has 0 aliphatic heterocycles. The number of ether oxygens (including phenoxy) is 2. The number of nitrogens with zero attached hydrogens (tertiary/aromatic N) is 1. The highest BCUT2D eigenvalue weighted by Gasteiger charge is 2.04. The van der Waals surface area contributed by atoms with Crippen molar-refractivity contribution in [2.45, 2.75) is 0 Å². The van der Waals surface area contributed by atoms with Gasteiger partial charge in [0, 0.05) is 10.0 Å². The third kappa shape index (κ3) is 5.51. The van der Waals surface area contributed by atoms with E-state index in [0.717, 1.165) is 4.47 Å². The van der Waals surface area contributed by atoms with Crippen LogP contribution >= 0.6 is 15.9 Å². The third-order valence-electron chi connectivity index (χ3n) is 2.93. The number of nitrogens with one attached hydrogen (secondary N) is 1. The van der Waals surface area contributed by atoms with Gasteiger partial charge < -0.3 is 9.47 Å². The molecule has 0 aromatic heterocycles. The summed E-state index contributed by atoms with van der Waals surface area (Å²) >= 11 is 3.31. The fraction of sp³-hybridized carbons (Fsp3) is 0.118. The van der Waals surface area contributed by atoms with Crippen LogP contribution in [0.2, 0.25) is 0 Å². The quantitative estimate of drug-likeness (QED) is 0.467. The van der Waals surface area contributed by atoms with Gasteiger partial charge in [-0.1, -0.05) is 28.1 Å². The lowest BCUT2D eigenvalue weighted by Crippen LogP contribution is -2.17. The molecule has 24 heavy (non-hydrogen) atoms. The molecule has 0 aliphatic carbocycles. The van der Waals surface area contributed by atoms with Crippen LogP contribution < -0.4 is 10.2 Å². The second kappa shape index (κ2) is 8.83. The molecule has 1 N–H and O–H groups in total. The zero-order valence-electron chi connectivity index (χ0n) is 12.9. The number of carbonyl (C=O) groups is 2. The summed E-state index contributed by atoms with van der Waals surface area (Å²) in [5.74, 6) is -0.267. The number of halogens is 1. The minimum atomic E-state index is -0.462. The van der Waals surface area contributed by atoms with E-state index in [4.69, 9.17) is 4.74 Å². The number of hydrogen-bond donors (Lipinski definition) is 1. The van der Waals surface area contributed by atoms with Crippen LogP contribution in [-0.2, 0) is 9.53 Å². The van der Waals surface area contributed by atoms with Crippen LogP contribution in [0, 0.1) is 0 Å². The number of amides is 1. The summed E-state index contributed by atoms with van der Waals surface area (Å²) in [4.78, 5) is 23.0. The number of benzene rings is 2. The maximum Gasteiger partial charge on any atom is 0.343 e. The van der Waals surface area contributed by atoms with Gasteiger partial charge in [-0.3, -0.25) is 4.79 Å². The lowest BCUT2D eigenvalue weighted by atomic mass is 10.2. The Kier molecular flexibility index (Phi) is 6.51. The second-order valence-corrected chi connectivity index (χ2v) is 5.56. The molecule has 2 aromatic carbocycles. The first kappa shape index (κ1) is 17.7. The maximum absolute atomic E-state index is 11.9. The van der Waals surface area contributed by atoms with Crippen molar-refractivity contribution in [3.63, 3.8) is 0 Å². The van der Waals surface area contributed by atoms with Crippen molar-refractivity contribution in [2.75, 3.05) is 13.7 Å². The Morgan fingerprint density at radius 2 is 1.96 bits per heavy atom. The van der Waals surface area contributed by atoms with Crippen molar-refractivity contribution in [1.82, 2.24) is 5.43 Å². The molecule has 124 valence electrons. The predicted octanol–water partition coefficient (Wildman–Crippen LogP) is 2.76. The fourth-order valence-electron chi connectivity index (χ4n) is 1.72. The van der Waals surface area contributed by atoms with E-state index in [0.29, 0.717) is 16.9 Å². The smallest absolute Gasteiger partial charge is 0.343 e. The van der Waals surface area contributed by atoms with E-state index < -0.39 is 5.97 Å². The van der Waals surface area contributed by atoms with Crippen LogP contribution in [-0.4, -0.2) is 31.8 Å². The summed E-state index contributed by atoms with van der Waals surface area (Å²) in [6, 6.07) is 13.9. The summed E-state index contributed by atoms with van der Waals surface area (Å²) in [6.45, 7) is -0.169. The molecule has 2 aromatic rings. The summed E-state index contributed by atoms with van der Waals surface area (Å²) < 4.78 is 10.7. The first-order valence-corrected chi connectivity index (χ1v) is 7.76. The van der Waals surface area contributed by atoms with Gasteiger partial charge in [-0.15, -0.1) is 0 Å². The summed E-state index contributed by atoms with van der Waals surface area (Å²) in [7, 11) is 1.29. The number of methoxy groups -OCH3 is 1. The monoisotopic (exact) mass is 390 g/mol. The van der Waals surface area contributed by atoms with Gasteiger partial charge >= 0.3 is 5.97 Å². The Labute approximate surface area is 147 Å². The molecular weight excluding hydrogens is 376 g/mol. The third-order valence-corrected chi connectivity index (χ3v) is 3.46. The van der Waals surface area contributed by atoms with E-state index >= 15 is 0 Å². The van der Waals surface area contributed by atoms with Crippen molar-refractivity contribution in [3.8, 4) is 5.75 Å². The lowest BCUT2D eigenvalue weighted by molar-refractivity contribution is -0.142. The number of esters is 1. The van der Waals surface area contributed by atoms with Gasteiger partial charge in [0.2, 0.25) is 0 Å². The molecular formula is C17H15BrN2O4. The van der Waals surface area contributed by atoms with Crippen molar-refractivity contribution in [3.05, 3.63) is 64.1 Å². The fourth-order valence-corrected chi connectivity index (χ4v) is 1.98. The SMILES string of the molecule is COC(=O)COc1cccc(/C=N\NC(=O)c2ccc(Br)cc2)c1. The topological polar surface area (TPSA) is 77.0 Å². The van der Waals surface area contributed by atoms with E-state index in [2.05, 4.69) is 31.2 Å². The van der Waals surface area contributed by atoms with Crippen LogP contribution in [0.4, 0.5) is 0 Å².